The summed E-state index contributed by atoms with van der Waals surface area (Å²) in [6.07, 6.45) is 5.21. The van der Waals surface area contributed by atoms with Crippen LogP contribution in [0.15, 0.2) is 12.7 Å². The summed E-state index contributed by atoms with van der Waals surface area (Å²) in [4.78, 5) is 18.1. The van der Waals surface area contributed by atoms with Crippen LogP contribution in [0.5, 0.6) is 0 Å². The van der Waals surface area contributed by atoms with Crippen molar-refractivity contribution in [3.8, 4) is 0 Å². The molecular formula is C12H21Cl2N5O2. The number of rotatable bonds is 3. The lowest BCUT2D eigenvalue weighted by Crippen LogP contribution is -2.52. The van der Waals surface area contributed by atoms with Crippen molar-refractivity contribution in [1.82, 2.24) is 25.0 Å². The smallest absolute Gasteiger partial charge is 0.239 e. The lowest BCUT2D eigenvalue weighted by Gasteiger charge is -2.34. The highest BCUT2D eigenvalue weighted by atomic mass is 35.5. The number of aromatic nitrogens is 3. The van der Waals surface area contributed by atoms with Gasteiger partial charge in [-0.1, -0.05) is 0 Å². The van der Waals surface area contributed by atoms with Crippen molar-refractivity contribution in [2.45, 2.75) is 31.5 Å². The van der Waals surface area contributed by atoms with Crippen LogP contribution in [-0.2, 0) is 16.1 Å². The van der Waals surface area contributed by atoms with Crippen molar-refractivity contribution in [2.24, 2.45) is 0 Å². The second-order valence-electron chi connectivity index (χ2n) is 5.04. The van der Waals surface area contributed by atoms with E-state index in [1.807, 2.05) is 4.90 Å². The van der Waals surface area contributed by atoms with Gasteiger partial charge >= 0.3 is 0 Å². The second-order valence-corrected chi connectivity index (χ2v) is 5.04. The fraction of sp³-hybridized carbons (Fsp3) is 0.750. The monoisotopic (exact) mass is 337 g/mol. The highest BCUT2D eigenvalue weighted by Gasteiger charge is 2.30. The Morgan fingerprint density at radius 1 is 1.43 bits per heavy atom. The zero-order valence-corrected chi connectivity index (χ0v) is 13.3. The van der Waals surface area contributed by atoms with Gasteiger partial charge in [0.1, 0.15) is 12.7 Å². The maximum atomic E-state index is 12.3. The van der Waals surface area contributed by atoms with E-state index in [0.717, 1.165) is 19.4 Å². The first-order valence-corrected chi connectivity index (χ1v) is 6.79. The Hall–Kier alpha value is -0.890. The third-order valence-corrected chi connectivity index (χ3v) is 3.67. The van der Waals surface area contributed by atoms with E-state index in [0.29, 0.717) is 26.2 Å². The van der Waals surface area contributed by atoms with E-state index in [-0.39, 0.29) is 42.9 Å². The van der Waals surface area contributed by atoms with Crippen molar-refractivity contribution < 1.29 is 9.53 Å². The number of nitrogens with one attached hydrogen (secondary N) is 1. The fourth-order valence-electron chi connectivity index (χ4n) is 2.68. The molecule has 21 heavy (non-hydrogen) atoms. The third-order valence-electron chi connectivity index (χ3n) is 3.67. The molecule has 2 atom stereocenters. The van der Waals surface area contributed by atoms with Crippen molar-refractivity contribution in [3.05, 3.63) is 12.7 Å². The first kappa shape index (κ1) is 18.2. The molecule has 1 aromatic rings. The number of halogens is 2. The summed E-state index contributed by atoms with van der Waals surface area (Å²) < 4.78 is 7.43. The first-order valence-electron chi connectivity index (χ1n) is 6.79. The molecule has 2 unspecified atom stereocenters. The number of hydrogen-bond donors (Lipinski definition) is 1. The lowest BCUT2D eigenvalue weighted by molar-refractivity contribution is -0.141. The average Bonchev–Trinajstić information content (AvgIpc) is 3.11. The van der Waals surface area contributed by atoms with Crippen LogP contribution in [0, 0.1) is 0 Å². The van der Waals surface area contributed by atoms with Gasteiger partial charge in [-0.05, 0) is 19.4 Å². The molecule has 2 aliphatic heterocycles. The summed E-state index contributed by atoms with van der Waals surface area (Å²) in [5, 5.41) is 7.32. The molecule has 0 aromatic carbocycles. The molecule has 2 fully saturated rings. The summed E-state index contributed by atoms with van der Waals surface area (Å²) in [6, 6.07) is 0.00474. The highest BCUT2D eigenvalue weighted by Crippen LogP contribution is 2.13. The third kappa shape index (κ3) is 4.54. The maximum absolute atomic E-state index is 12.3. The quantitative estimate of drug-likeness (QED) is 0.846. The topological polar surface area (TPSA) is 72.3 Å². The average molecular weight is 338 g/mol. The van der Waals surface area contributed by atoms with Gasteiger partial charge in [0, 0.05) is 13.1 Å². The molecule has 1 N–H and O–H groups in total. The predicted molar refractivity (Wildman–Crippen MR) is 81.9 cm³/mol. The van der Waals surface area contributed by atoms with E-state index in [1.54, 1.807) is 11.0 Å². The molecule has 2 aliphatic rings. The van der Waals surface area contributed by atoms with E-state index in [9.17, 15) is 4.79 Å². The van der Waals surface area contributed by atoms with Gasteiger partial charge in [0.25, 0.3) is 0 Å². The molecule has 120 valence electrons. The number of nitrogens with zero attached hydrogens (tertiary/aromatic N) is 4. The Bertz CT molecular complexity index is 425. The van der Waals surface area contributed by atoms with Crippen molar-refractivity contribution in [1.29, 1.82) is 0 Å². The maximum Gasteiger partial charge on any atom is 0.239 e. The number of carbonyl (C=O) groups excluding carboxylic acids is 1. The molecular weight excluding hydrogens is 317 g/mol. The largest absolute Gasteiger partial charge is 0.373 e. The first-order chi connectivity index (χ1) is 9.33. The molecule has 9 heteroatoms. The number of ether oxygens (including phenoxy) is 1. The van der Waals surface area contributed by atoms with Crippen molar-refractivity contribution in [3.63, 3.8) is 0 Å². The summed E-state index contributed by atoms with van der Waals surface area (Å²) in [5.74, 6) is 0.212. The van der Waals surface area contributed by atoms with Gasteiger partial charge in [-0.3, -0.25) is 9.48 Å². The van der Waals surface area contributed by atoms with Gasteiger partial charge in [0.05, 0.1) is 25.3 Å². The van der Waals surface area contributed by atoms with E-state index >= 15 is 0 Å². The molecule has 3 heterocycles. The van der Waals surface area contributed by atoms with E-state index in [1.165, 1.54) is 6.33 Å². The number of hydrogen-bond acceptors (Lipinski definition) is 5. The molecule has 0 aliphatic carbocycles. The van der Waals surface area contributed by atoms with Crippen LogP contribution in [-0.4, -0.2) is 64.0 Å². The van der Waals surface area contributed by atoms with Gasteiger partial charge in [-0.15, -0.1) is 24.8 Å². The Kier molecular flexibility index (Phi) is 7.37. The minimum absolute atomic E-state index is 0. The summed E-state index contributed by atoms with van der Waals surface area (Å²) >= 11 is 0. The molecule has 0 spiro atoms. The summed E-state index contributed by atoms with van der Waals surface area (Å²) in [6.45, 7) is 3.50. The minimum atomic E-state index is 0. The van der Waals surface area contributed by atoms with Crippen LogP contribution in [0.3, 0.4) is 0 Å². The highest BCUT2D eigenvalue weighted by molar-refractivity contribution is 5.85. The SMILES string of the molecule is Cl.Cl.O=C(C1CCCN1)N1CCOC(Cn2cncn2)C1. The van der Waals surface area contributed by atoms with E-state index in [4.69, 9.17) is 4.74 Å². The van der Waals surface area contributed by atoms with Crippen molar-refractivity contribution in [2.75, 3.05) is 26.2 Å². The van der Waals surface area contributed by atoms with Gasteiger partial charge in [-0.2, -0.15) is 5.10 Å². The van der Waals surface area contributed by atoms with Gasteiger partial charge in [0.15, 0.2) is 0 Å². The molecule has 1 aromatic heterocycles. The second kappa shape index (κ2) is 8.53. The van der Waals surface area contributed by atoms with Crippen LogP contribution in [0.25, 0.3) is 0 Å². The van der Waals surface area contributed by atoms with Gasteiger partial charge in [0.2, 0.25) is 5.91 Å². The zero-order valence-electron chi connectivity index (χ0n) is 11.7. The van der Waals surface area contributed by atoms with Crippen molar-refractivity contribution >= 4 is 30.7 Å². The number of amides is 1. The van der Waals surface area contributed by atoms with Crippen LogP contribution < -0.4 is 5.32 Å². The molecule has 0 radical (unpaired) electrons. The lowest BCUT2D eigenvalue weighted by atomic mass is 10.1. The van der Waals surface area contributed by atoms with Gasteiger partial charge in [-0.25, -0.2) is 4.98 Å². The molecule has 0 saturated carbocycles. The standard InChI is InChI=1S/C12H19N5O2.2ClH/c18-12(11-2-1-3-14-11)16-4-5-19-10(6-16)7-17-9-13-8-15-17;;/h8-11,14H,1-7H2;2*1H. The normalized spacial score (nSPS) is 25.0. The molecule has 1 amide bonds. The molecule has 2 saturated heterocycles. The van der Waals surface area contributed by atoms with Crippen LogP contribution >= 0.6 is 24.8 Å². The molecule has 0 bridgehead atoms. The van der Waals surface area contributed by atoms with Gasteiger partial charge < -0.3 is 15.0 Å². The Balaban J connectivity index is 0.00000110. The van der Waals surface area contributed by atoms with Crippen LogP contribution in [0.4, 0.5) is 0 Å². The Labute approximate surface area is 136 Å². The van der Waals surface area contributed by atoms with E-state index < -0.39 is 0 Å². The zero-order chi connectivity index (χ0) is 13.1. The van der Waals surface area contributed by atoms with Crippen LogP contribution in [0.2, 0.25) is 0 Å². The number of carbonyl (C=O) groups is 1. The summed E-state index contributed by atoms with van der Waals surface area (Å²) in [5.41, 5.74) is 0. The fourth-order valence-corrected chi connectivity index (χ4v) is 2.68. The molecule has 3 rings (SSSR count). The summed E-state index contributed by atoms with van der Waals surface area (Å²) in [7, 11) is 0. The predicted octanol–water partition coefficient (Wildman–Crippen LogP) is 0.101. The number of morpholine rings is 1. The Morgan fingerprint density at radius 2 is 2.29 bits per heavy atom. The van der Waals surface area contributed by atoms with Crippen LogP contribution in [0.1, 0.15) is 12.8 Å². The Morgan fingerprint density at radius 3 is 2.95 bits per heavy atom. The molecule has 7 nitrogen and oxygen atoms in total. The van der Waals surface area contributed by atoms with E-state index in [2.05, 4.69) is 15.4 Å². The minimum Gasteiger partial charge on any atom is -0.373 e.